The van der Waals surface area contributed by atoms with Crippen molar-refractivity contribution in [3.05, 3.63) is 47.8 Å². The number of ether oxygens (including phenoxy) is 1. The Kier molecular flexibility index (Phi) is 6.28. The van der Waals surface area contributed by atoms with Crippen molar-refractivity contribution >= 4 is 17.9 Å². The lowest BCUT2D eigenvalue weighted by molar-refractivity contribution is -0.0455. The Morgan fingerprint density at radius 2 is 2.07 bits per heavy atom. The Balaban J connectivity index is 1.52. The summed E-state index contributed by atoms with van der Waals surface area (Å²) >= 11 is 0. The highest BCUT2D eigenvalue weighted by atomic mass is 19.1. The molecule has 0 spiro atoms. The summed E-state index contributed by atoms with van der Waals surface area (Å²) in [5, 5.41) is 10.6. The average Bonchev–Trinajstić information content (AvgIpc) is 2.68. The van der Waals surface area contributed by atoms with E-state index in [4.69, 9.17) is 15.9 Å². The topological polar surface area (TPSA) is 96.9 Å². The van der Waals surface area contributed by atoms with Gasteiger partial charge in [0.2, 0.25) is 0 Å². The summed E-state index contributed by atoms with van der Waals surface area (Å²) in [5.41, 5.74) is 6.65. The number of rotatable bonds is 7. The third-order valence-corrected chi connectivity index (χ3v) is 4.73. The van der Waals surface area contributed by atoms with Gasteiger partial charge in [0.25, 0.3) is 0 Å². The third kappa shape index (κ3) is 4.77. The second-order valence-electron chi connectivity index (χ2n) is 6.59. The maximum absolute atomic E-state index is 14.5. The number of nitrogens with zero attached hydrogens (tertiary/aromatic N) is 2. The van der Waals surface area contributed by atoms with Gasteiger partial charge in [-0.15, -0.1) is 0 Å². The monoisotopic (exact) mass is 375 g/mol. The molecule has 3 rings (SSSR count). The zero-order chi connectivity index (χ0) is 19.2. The summed E-state index contributed by atoms with van der Waals surface area (Å²) in [7, 11) is 0. The summed E-state index contributed by atoms with van der Waals surface area (Å²) in [6.45, 7) is -0.159. The number of hydrogen-bond donors (Lipinski definition) is 3. The number of nitrogens with one attached hydrogen (secondary N) is 2. The molecule has 0 amide bonds. The molecule has 0 radical (unpaired) electrons. The van der Waals surface area contributed by atoms with Gasteiger partial charge in [0, 0.05) is 18.7 Å². The van der Waals surface area contributed by atoms with Gasteiger partial charge < -0.3 is 21.2 Å². The molecule has 1 aromatic carbocycles. The first-order chi connectivity index (χ1) is 13.1. The maximum atomic E-state index is 14.5. The van der Waals surface area contributed by atoms with E-state index in [1.165, 1.54) is 6.33 Å². The van der Waals surface area contributed by atoms with E-state index in [2.05, 4.69) is 15.3 Å². The van der Waals surface area contributed by atoms with Crippen molar-refractivity contribution in [1.29, 1.82) is 5.41 Å². The molecule has 6 nitrogen and oxygen atoms in total. The van der Waals surface area contributed by atoms with Crippen molar-refractivity contribution in [2.75, 3.05) is 17.7 Å². The van der Waals surface area contributed by atoms with E-state index >= 15 is 0 Å². The molecule has 1 heterocycles. The first-order valence-electron chi connectivity index (χ1n) is 8.90. The van der Waals surface area contributed by atoms with Gasteiger partial charge in [-0.1, -0.05) is 30.3 Å². The highest BCUT2D eigenvalue weighted by Crippen LogP contribution is 2.29. The van der Waals surface area contributed by atoms with E-state index in [1.54, 1.807) is 24.3 Å². The molecule has 0 bridgehead atoms. The summed E-state index contributed by atoms with van der Waals surface area (Å²) in [6.07, 6.45) is 0.615. The van der Waals surface area contributed by atoms with Crippen LogP contribution in [0.25, 0.3) is 0 Å². The standard InChI is InChI=1S/C19H23F2N5O/c20-15-8-13(26-19-14(9-22)18(23)24-11-25-19)6-7-17(15)27-10-16(21)12-4-2-1-3-5-12/h1-5,9,11,13,15-17,22H,6-8,10H2,(H3,23,24,25,26)/t13-,15-,16-,17-/m0/s1. The fraction of sp³-hybridized carbons (Fsp3) is 0.421. The number of alkyl halides is 2. The van der Waals surface area contributed by atoms with Crippen molar-refractivity contribution in [3.8, 4) is 0 Å². The van der Waals surface area contributed by atoms with Crippen LogP contribution in [0.1, 0.15) is 36.6 Å². The molecule has 0 saturated heterocycles. The van der Waals surface area contributed by atoms with E-state index in [0.717, 1.165) is 6.21 Å². The third-order valence-electron chi connectivity index (χ3n) is 4.73. The minimum Gasteiger partial charge on any atom is -0.383 e. The van der Waals surface area contributed by atoms with Crippen LogP contribution in [-0.4, -0.2) is 41.1 Å². The van der Waals surface area contributed by atoms with Crippen LogP contribution in [0.2, 0.25) is 0 Å². The lowest BCUT2D eigenvalue weighted by atomic mass is 9.91. The van der Waals surface area contributed by atoms with E-state index < -0.39 is 18.4 Å². The molecule has 0 unspecified atom stereocenters. The van der Waals surface area contributed by atoms with Crippen LogP contribution in [0.3, 0.4) is 0 Å². The van der Waals surface area contributed by atoms with Gasteiger partial charge in [-0.2, -0.15) is 0 Å². The van der Waals surface area contributed by atoms with Gasteiger partial charge >= 0.3 is 0 Å². The zero-order valence-electron chi connectivity index (χ0n) is 14.8. The average molecular weight is 375 g/mol. The molecule has 8 heteroatoms. The molecule has 1 fully saturated rings. The number of nitrogens with two attached hydrogens (primary N) is 1. The van der Waals surface area contributed by atoms with Gasteiger partial charge in [0.15, 0.2) is 0 Å². The predicted octanol–water partition coefficient (Wildman–Crippen LogP) is 3.45. The first-order valence-corrected chi connectivity index (χ1v) is 8.90. The summed E-state index contributed by atoms with van der Waals surface area (Å²) in [6, 6.07) is 8.56. The fourth-order valence-electron chi connectivity index (χ4n) is 3.23. The number of anilines is 2. The van der Waals surface area contributed by atoms with Crippen LogP contribution >= 0.6 is 0 Å². The molecule has 2 aromatic rings. The summed E-state index contributed by atoms with van der Waals surface area (Å²) in [5.74, 6) is 0.619. The second-order valence-corrected chi connectivity index (χ2v) is 6.59. The SMILES string of the molecule is N=Cc1c(N)ncnc1N[C@H]1CC[C@H](OC[C@H](F)c2ccccc2)[C@@H](F)C1. The minimum atomic E-state index is -1.27. The van der Waals surface area contributed by atoms with Crippen LogP contribution < -0.4 is 11.1 Å². The molecule has 144 valence electrons. The molecule has 27 heavy (non-hydrogen) atoms. The van der Waals surface area contributed by atoms with Gasteiger partial charge in [-0.3, -0.25) is 0 Å². The number of benzene rings is 1. The fourth-order valence-corrected chi connectivity index (χ4v) is 3.23. The number of halogens is 2. The van der Waals surface area contributed by atoms with Crippen LogP contribution in [-0.2, 0) is 4.74 Å². The van der Waals surface area contributed by atoms with Crippen molar-refractivity contribution in [3.63, 3.8) is 0 Å². The quantitative estimate of drug-likeness (QED) is 0.644. The summed E-state index contributed by atoms with van der Waals surface area (Å²) in [4.78, 5) is 7.93. The second kappa shape index (κ2) is 8.85. The normalized spacial score (nSPS) is 23.6. The van der Waals surface area contributed by atoms with Gasteiger partial charge in [-0.05, 0) is 18.4 Å². The van der Waals surface area contributed by atoms with Crippen molar-refractivity contribution in [2.24, 2.45) is 0 Å². The lowest BCUT2D eigenvalue weighted by Gasteiger charge is -2.32. The zero-order valence-corrected chi connectivity index (χ0v) is 14.8. The van der Waals surface area contributed by atoms with Crippen LogP contribution in [0.15, 0.2) is 36.7 Å². The molecule has 4 N–H and O–H groups in total. The van der Waals surface area contributed by atoms with Gasteiger partial charge in [0.05, 0.1) is 18.3 Å². The highest BCUT2D eigenvalue weighted by molar-refractivity contribution is 5.89. The van der Waals surface area contributed by atoms with Gasteiger partial charge in [-0.25, -0.2) is 18.7 Å². The molecule has 1 saturated carbocycles. The van der Waals surface area contributed by atoms with Crippen molar-refractivity contribution in [2.45, 2.75) is 43.8 Å². The molecular weight excluding hydrogens is 352 g/mol. The van der Waals surface area contributed by atoms with Crippen LogP contribution in [0.4, 0.5) is 20.4 Å². The molecular formula is C19H23F2N5O. The Labute approximate surface area is 156 Å². The Bertz CT molecular complexity index is 761. The molecule has 1 aromatic heterocycles. The number of hydrogen-bond acceptors (Lipinski definition) is 6. The van der Waals surface area contributed by atoms with Crippen LogP contribution in [0.5, 0.6) is 0 Å². The molecule has 0 aliphatic heterocycles. The highest BCUT2D eigenvalue weighted by Gasteiger charge is 2.32. The van der Waals surface area contributed by atoms with Crippen LogP contribution in [0, 0.1) is 5.41 Å². The van der Waals surface area contributed by atoms with E-state index in [1.807, 2.05) is 6.07 Å². The summed E-state index contributed by atoms with van der Waals surface area (Å²) < 4.78 is 34.2. The predicted molar refractivity (Wildman–Crippen MR) is 101 cm³/mol. The van der Waals surface area contributed by atoms with Crippen molar-refractivity contribution < 1.29 is 13.5 Å². The van der Waals surface area contributed by atoms with Gasteiger partial charge in [0.1, 0.15) is 30.3 Å². The first kappa shape index (κ1) is 19.2. The maximum Gasteiger partial charge on any atom is 0.148 e. The van der Waals surface area contributed by atoms with E-state index in [9.17, 15) is 8.78 Å². The smallest absolute Gasteiger partial charge is 0.148 e. The van der Waals surface area contributed by atoms with Crippen molar-refractivity contribution in [1.82, 2.24) is 9.97 Å². The largest absolute Gasteiger partial charge is 0.383 e. The van der Waals surface area contributed by atoms with E-state index in [0.29, 0.717) is 29.8 Å². The number of nitrogen functional groups attached to an aromatic ring is 1. The number of aromatic nitrogens is 2. The Morgan fingerprint density at radius 3 is 2.78 bits per heavy atom. The molecule has 1 aliphatic rings. The molecule has 4 atom stereocenters. The lowest BCUT2D eigenvalue weighted by Crippen LogP contribution is -2.39. The Hall–Kier alpha value is -2.61. The minimum absolute atomic E-state index is 0.159. The molecule has 1 aliphatic carbocycles. The Morgan fingerprint density at radius 1 is 1.30 bits per heavy atom. The van der Waals surface area contributed by atoms with E-state index in [-0.39, 0.29) is 24.9 Å².